The fourth-order valence-electron chi connectivity index (χ4n) is 0.523. The van der Waals surface area contributed by atoms with Crippen LogP contribution in [0.5, 0.6) is 0 Å². The van der Waals surface area contributed by atoms with Crippen LogP contribution in [0, 0.1) is 0 Å². The lowest BCUT2D eigenvalue weighted by atomic mass is 10.4. The average Bonchev–Trinajstić information content (AvgIpc) is 1.95. The minimum atomic E-state index is 0.565. The van der Waals surface area contributed by atoms with Gasteiger partial charge in [0.2, 0.25) is 0 Å². The summed E-state index contributed by atoms with van der Waals surface area (Å²) in [4.78, 5) is 3.83. The zero-order valence-corrected chi connectivity index (χ0v) is 5.78. The minimum absolute atomic E-state index is 0.565. The van der Waals surface area contributed by atoms with E-state index in [-0.39, 0.29) is 0 Å². The van der Waals surface area contributed by atoms with Gasteiger partial charge in [-0.05, 0) is 12.1 Å². The third-order valence-corrected chi connectivity index (χ3v) is 1.16. The molecular weight excluding hydrogens is 152 g/mol. The molecule has 0 fully saturated rings. The van der Waals surface area contributed by atoms with Crippen molar-refractivity contribution < 1.29 is 5.21 Å². The van der Waals surface area contributed by atoms with Crippen molar-refractivity contribution in [3.05, 3.63) is 29.0 Å². The van der Waals surface area contributed by atoms with Gasteiger partial charge in [0, 0.05) is 6.20 Å². The molecule has 0 aliphatic carbocycles. The molecule has 0 atom stereocenters. The Labute approximate surface area is 63.0 Å². The van der Waals surface area contributed by atoms with Crippen molar-refractivity contribution >= 4 is 17.8 Å². The number of hydrogen-bond donors (Lipinski definition) is 1. The molecular formula is C6H5ClN2O. The summed E-state index contributed by atoms with van der Waals surface area (Å²) in [7, 11) is 0. The Hall–Kier alpha value is -1.09. The molecule has 1 heterocycles. The lowest BCUT2D eigenvalue weighted by Crippen LogP contribution is -1.84. The van der Waals surface area contributed by atoms with Crippen LogP contribution in [0.4, 0.5) is 0 Å². The molecule has 1 rings (SSSR count). The van der Waals surface area contributed by atoms with Crippen LogP contribution in [-0.4, -0.2) is 16.4 Å². The first-order valence-corrected chi connectivity index (χ1v) is 2.99. The first kappa shape index (κ1) is 7.02. The minimum Gasteiger partial charge on any atom is -0.411 e. The molecule has 1 aromatic rings. The molecule has 1 aromatic heterocycles. The van der Waals surface area contributed by atoms with Crippen molar-refractivity contribution in [2.24, 2.45) is 5.16 Å². The first-order chi connectivity index (χ1) is 4.83. The summed E-state index contributed by atoms with van der Waals surface area (Å²) in [5.41, 5.74) is 0.576. The highest BCUT2D eigenvalue weighted by Gasteiger charge is 1.88. The largest absolute Gasteiger partial charge is 0.411 e. The molecule has 1 N–H and O–H groups in total. The molecule has 0 amide bonds. The summed E-state index contributed by atoms with van der Waals surface area (Å²) in [6.45, 7) is 0. The van der Waals surface area contributed by atoms with E-state index in [0.717, 1.165) is 0 Å². The van der Waals surface area contributed by atoms with Crippen molar-refractivity contribution in [2.45, 2.75) is 0 Å². The molecule has 0 saturated carbocycles. The van der Waals surface area contributed by atoms with Gasteiger partial charge in [0.25, 0.3) is 0 Å². The Bertz CT molecular complexity index is 232. The van der Waals surface area contributed by atoms with Crippen molar-refractivity contribution in [1.29, 1.82) is 0 Å². The van der Waals surface area contributed by atoms with Crippen LogP contribution >= 0.6 is 11.6 Å². The van der Waals surface area contributed by atoms with Gasteiger partial charge in [0.05, 0.1) is 16.9 Å². The van der Waals surface area contributed by atoms with Crippen LogP contribution in [0.3, 0.4) is 0 Å². The molecule has 0 unspecified atom stereocenters. The second kappa shape index (κ2) is 3.17. The predicted molar refractivity (Wildman–Crippen MR) is 38.6 cm³/mol. The quantitative estimate of drug-likeness (QED) is 0.381. The van der Waals surface area contributed by atoms with Gasteiger partial charge >= 0.3 is 0 Å². The molecule has 0 radical (unpaired) electrons. The number of rotatable bonds is 1. The standard InChI is InChI=1S/C6H5ClN2O/c7-5-1-2-6(4-9-10)8-3-5/h1-4,10H/b9-4-. The van der Waals surface area contributed by atoms with Crippen LogP contribution in [0.25, 0.3) is 0 Å². The number of hydrogen-bond acceptors (Lipinski definition) is 3. The summed E-state index contributed by atoms with van der Waals surface area (Å²) in [6.07, 6.45) is 2.72. The molecule has 4 heteroatoms. The van der Waals surface area contributed by atoms with Gasteiger partial charge in [-0.3, -0.25) is 4.98 Å². The lowest BCUT2D eigenvalue weighted by molar-refractivity contribution is 0.321. The lowest BCUT2D eigenvalue weighted by Gasteiger charge is -1.88. The molecule has 0 aliphatic heterocycles. The van der Waals surface area contributed by atoms with Gasteiger partial charge < -0.3 is 5.21 Å². The third kappa shape index (κ3) is 1.70. The fourth-order valence-corrected chi connectivity index (χ4v) is 0.635. The SMILES string of the molecule is O/N=C\c1ccc(Cl)cn1. The summed E-state index contributed by atoms with van der Waals surface area (Å²) in [5, 5.41) is 11.5. The van der Waals surface area contributed by atoms with E-state index in [0.29, 0.717) is 10.7 Å². The van der Waals surface area contributed by atoms with Crippen LogP contribution in [0.1, 0.15) is 5.69 Å². The summed E-state index contributed by atoms with van der Waals surface area (Å²) >= 11 is 5.54. The van der Waals surface area contributed by atoms with Crippen molar-refractivity contribution in [2.75, 3.05) is 0 Å². The van der Waals surface area contributed by atoms with Crippen molar-refractivity contribution in [3.63, 3.8) is 0 Å². The first-order valence-electron chi connectivity index (χ1n) is 2.62. The van der Waals surface area contributed by atoms with E-state index in [4.69, 9.17) is 16.8 Å². The number of aromatic nitrogens is 1. The zero-order valence-electron chi connectivity index (χ0n) is 5.03. The Balaban J connectivity index is 2.89. The van der Waals surface area contributed by atoms with Crippen LogP contribution in [0.2, 0.25) is 5.02 Å². The molecule has 10 heavy (non-hydrogen) atoms. The summed E-state index contributed by atoms with van der Waals surface area (Å²) in [6, 6.07) is 3.33. The highest BCUT2D eigenvalue weighted by atomic mass is 35.5. The summed E-state index contributed by atoms with van der Waals surface area (Å²) < 4.78 is 0. The molecule has 0 saturated heterocycles. The second-order valence-electron chi connectivity index (χ2n) is 1.65. The van der Waals surface area contributed by atoms with E-state index in [1.165, 1.54) is 12.4 Å². The molecule has 0 bridgehead atoms. The second-order valence-corrected chi connectivity index (χ2v) is 2.08. The summed E-state index contributed by atoms with van der Waals surface area (Å²) in [5.74, 6) is 0. The molecule has 0 aliphatic rings. The maximum Gasteiger partial charge on any atom is 0.0918 e. The smallest absolute Gasteiger partial charge is 0.0918 e. The van der Waals surface area contributed by atoms with Crippen LogP contribution < -0.4 is 0 Å². The molecule has 0 spiro atoms. The molecule has 0 aromatic carbocycles. The van der Waals surface area contributed by atoms with Gasteiger partial charge in [-0.15, -0.1) is 0 Å². The molecule has 52 valence electrons. The van der Waals surface area contributed by atoms with Crippen molar-refractivity contribution in [1.82, 2.24) is 4.98 Å². The highest BCUT2D eigenvalue weighted by molar-refractivity contribution is 6.30. The predicted octanol–water partition coefficient (Wildman–Crippen LogP) is 1.54. The van der Waals surface area contributed by atoms with Crippen LogP contribution in [0.15, 0.2) is 23.5 Å². The van der Waals surface area contributed by atoms with E-state index >= 15 is 0 Å². The number of halogens is 1. The Kier molecular flexibility index (Phi) is 2.23. The Morgan fingerprint density at radius 1 is 1.60 bits per heavy atom. The zero-order chi connectivity index (χ0) is 7.40. The van der Waals surface area contributed by atoms with Gasteiger partial charge in [-0.2, -0.15) is 0 Å². The van der Waals surface area contributed by atoms with E-state index in [1.807, 2.05) is 0 Å². The molecule has 3 nitrogen and oxygen atoms in total. The normalized spacial score (nSPS) is 10.5. The number of pyridine rings is 1. The topological polar surface area (TPSA) is 45.5 Å². The maximum atomic E-state index is 8.09. The van der Waals surface area contributed by atoms with Gasteiger partial charge in [0.1, 0.15) is 0 Å². The van der Waals surface area contributed by atoms with Crippen LogP contribution in [-0.2, 0) is 0 Å². The average molecular weight is 157 g/mol. The highest BCUT2D eigenvalue weighted by Crippen LogP contribution is 2.04. The van der Waals surface area contributed by atoms with E-state index in [2.05, 4.69) is 10.1 Å². The van der Waals surface area contributed by atoms with Crippen molar-refractivity contribution in [3.8, 4) is 0 Å². The Morgan fingerprint density at radius 3 is 2.90 bits per heavy atom. The fraction of sp³-hybridized carbons (Fsp3) is 0. The number of oxime groups is 1. The van der Waals surface area contributed by atoms with E-state index in [9.17, 15) is 0 Å². The Morgan fingerprint density at radius 2 is 2.40 bits per heavy atom. The number of nitrogens with zero attached hydrogens (tertiary/aromatic N) is 2. The van der Waals surface area contributed by atoms with Gasteiger partial charge in [-0.1, -0.05) is 16.8 Å². The van der Waals surface area contributed by atoms with Gasteiger partial charge in [-0.25, -0.2) is 0 Å². The van der Waals surface area contributed by atoms with Gasteiger partial charge in [0.15, 0.2) is 0 Å². The monoisotopic (exact) mass is 156 g/mol. The van der Waals surface area contributed by atoms with E-state index < -0.39 is 0 Å². The van der Waals surface area contributed by atoms with E-state index in [1.54, 1.807) is 12.1 Å². The maximum absolute atomic E-state index is 8.09. The third-order valence-electron chi connectivity index (χ3n) is 0.940.